The van der Waals surface area contributed by atoms with Crippen molar-refractivity contribution >= 4 is 35.0 Å². The van der Waals surface area contributed by atoms with Crippen LogP contribution in [0.2, 0.25) is 10.0 Å². The third-order valence-corrected chi connectivity index (χ3v) is 4.06. The summed E-state index contributed by atoms with van der Waals surface area (Å²) in [6.45, 7) is 4.38. The summed E-state index contributed by atoms with van der Waals surface area (Å²) in [4.78, 5) is 25.8. The molecule has 6 heteroatoms. The van der Waals surface area contributed by atoms with Crippen LogP contribution in [-0.4, -0.2) is 29.3 Å². The molecule has 0 spiro atoms. The van der Waals surface area contributed by atoms with Crippen LogP contribution < -0.4 is 5.32 Å². The number of piperazine rings is 1. The first kappa shape index (κ1) is 16.1. The molecule has 1 heterocycles. The minimum absolute atomic E-state index is 0.0333. The summed E-state index contributed by atoms with van der Waals surface area (Å²) in [6, 6.07) is 4.67. The summed E-state index contributed by atoms with van der Waals surface area (Å²) in [5, 5.41) is 3.74. The van der Waals surface area contributed by atoms with Gasteiger partial charge in [-0.05, 0) is 36.1 Å². The van der Waals surface area contributed by atoms with Gasteiger partial charge in [0.2, 0.25) is 11.8 Å². The highest BCUT2D eigenvalue weighted by atomic mass is 35.5. The topological polar surface area (TPSA) is 49.4 Å². The van der Waals surface area contributed by atoms with Gasteiger partial charge in [0.1, 0.15) is 6.04 Å². The predicted molar refractivity (Wildman–Crippen MR) is 83.3 cm³/mol. The molecule has 2 amide bonds. The maximum atomic E-state index is 12.2. The van der Waals surface area contributed by atoms with Crippen LogP contribution in [0.15, 0.2) is 18.2 Å². The summed E-state index contributed by atoms with van der Waals surface area (Å²) in [5.41, 5.74) is 0.751. The zero-order chi connectivity index (χ0) is 15.6. The van der Waals surface area contributed by atoms with Gasteiger partial charge in [0.25, 0.3) is 0 Å². The Morgan fingerprint density at radius 1 is 1.33 bits per heavy atom. The van der Waals surface area contributed by atoms with E-state index >= 15 is 0 Å². The molecule has 114 valence electrons. The first-order valence-electron chi connectivity index (χ1n) is 6.89. The van der Waals surface area contributed by atoms with Crippen molar-refractivity contribution in [2.75, 3.05) is 6.54 Å². The largest absolute Gasteiger partial charge is 0.345 e. The highest BCUT2D eigenvalue weighted by Gasteiger charge is 2.34. The van der Waals surface area contributed by atoms with E-state index in [0.29, 0.717) is 28.9 Å². The Kier molecular flexibility index (Phi) is 5.12. The van der Waals surface area contributed by atoms with Gasteiger partial charge in [-0.2, -0.15) is 0 Å². The first-order chi connectivity index (χ1) is 9.88. The van der Waals surface area contributed by atoms with Crippen molar-refractivity contribution < 1.29 is 9.59 Å². The van der Waals surface area contributed by atoms with E-state index in [1.165, 1.54) is 0 Å². The third kappa shape index (κ3) is 3.89. The molecular weight excluding hydrogens is 311 g/mol. The molecule has 1 aromatic carbocycles. The van der Waals surface area contributed by atoms with Crippen LogP contribution in [0, 0.1) is 5.92 Å². The molecule has 1 N–H and O–H groups in total. The van der Waals surface area contributed by atoms with Gasteiger partial charge in [-0.25, -0.2) is 0 Å². The molecule has 0 radical (unpaired) electrons. The van der Waals surface area contributed by atoms with E-state index in [4.69, 9.17) is 23.2 Å². The number of hydrogen-bond acceptors (Lipinski definition) is 2. The van der Waals surface area contributed by atoms with E-state index in [1.54, 1.807) is 23.1 Å². The van der Waals surface area contributed by atoms with E-state index < -0.39 is 6.04 Å². The molecule has 21 heavy (non-hydrogen) atoms. The lowest BCUT2D eigenvalue weighted by Gasteiger charge is -2.36. The number of nitrogens with one attached hydrogen (secondary N) is 1. The lowest BCUT2D eigenvalue weighted by atomic mass is 9.99. The Bertz CT molecular complexity index is 561. The van der Waals surface area contributed by atoms with E-state index in [0.717, 1.165) is 5.56 Å². The first-order valence-corrected chi connectivity index (χ1v) is 7.65. The molecule has 0 bridgehead atoms. The van der Waals surface area contributed by atoms with Crippen LogP contribution in [-0.2, 0) is 16.1 Å². The van der Waals surface area contributed by atoms with Gasteiger partial charge in [0.15, 0.2) is 0 Å². The van der Waals surface area contributed by atoms with Crippen LogP contribution >= 0.6 is 23.2 Å². The van der Waals surface area contributed by atoms with Crippen molar-refractivity contribution in [1.29, 1.82) is 0 Å². The van der Waals surface area contributed by atoms with Gasteiger partial charge in [-0.1, -0.05) is 37.0 Å². The van der Waals surface area contributed by atoms with Crippen molar-refractivity contribution in [3.05, 3.63) is 33.8 Å². The molecule has 1 aliphatic rings. The Hall–Kier alpha value is -1.26. The summed E-state index contributed by atoms with van der Waals surface area (Å²) < 4.78 is 0. The maximum Gasteiger partial charge on any atom is 0.243 e. The summed E-state index contributed by atoms with van der Waals surface area (Å²) >= 11 is 12.1. The van der Waals surface area contributed by atoms with E-state index in [9.17, 15) is 9.59 Å². The fourth-order valence-electron chi connectivity index (χ4n) is 2.42. The molecule has 1 saturated heterocycles. The quantitative estimate of drug-likeness (QED) is 0.923. The Morgan fingerprint density at radius 3 is 2.71 bits per heavy atom. The monoisotopic (exact) mass is 328 g/mol. The van der Waals surface area contributed by atoms with Crippen molar-refractivity contribution in [3.8, 4) is 0 Å². The van der Waals surface area contributed by atoms with Crippen LogP contribution in [0.4, 0.5) is 0 Å². The molecule has 0 aromatic heterocycles. The zero-order valence-corrected chi connectivity index (χ0v) is 13.5. The van der Waals surface area contributed by atoms with Crippen molar-refractivity contribution in [2.24, 2.45) is 5.92 Å². The standard InChI is InChI=1S/C15H18Cl2N2O2/c1-9(2)5-13-15(21)18-7-14(20)19(13)8-10-6-11(16)3-4-12(10)17/h3-4,6,9,13H,5,7-8H2,1-2H3,(H,18,21). The number of hydrogen-bond donors (Lipinski definition) is 1. The maximum absolute atomic E-state index is 12.2. The molecule has 1 fully saturated rings. The van der Waals surface area contributed by atoms with Crippen LogP contribution in [0.5, 0.6) is 0 Å². The van der Waals surface area contributed by atoms with E-state index in [-0.39, 0.29) is 18.4 Å². The fraction of sp³-hybridized carbons (Fsp3) is 0.467. The second-order valence-electron chi connectivity index (χ2n) is 5.62. The smallest absolute Gasteiger partial charge is 0.243 e. The molecular formula is C15H18Cl2N2O2. The Morgan fingerprint density at radius 2 is 2.05 bits per heavy atom. The van der Waals surface area contributed by atoms with Gasteiger partial charge < -0.3 is 10.2 Å². The highest BCUT2D eigenvalue weighted by molar-refractivity contribution is 6.33. The van der Waals surface area contributed by atoms with Crippen LogP contribution in [0.25, 0.3) is 0 Å². The van der Waals surface area contributed by atoms with Crippen molar-refractivity contribution in [2.45, 2.75) is 32.9 Å². The summed E-state index contributed by atoms with van der Waals surface area (Å²) in [7, 11) is 0. The normalized spacial score (nSPS) is 19.1. The number of halogens is 2. The van der Waals surface area contributed by atoms with Gasteiger partial charge in [0, 0.05) is 16.6 Å². The SMILES string of the molecule is CC(C)CC1C(=O)NCC(=O)N1Cc1cc(Cl)ccc1Cl. The van der Waals surface area contributed by atoms with Gasteiger partial charge in [-0.3, -0.25) is 9.59 Å². The molecule has 1 unspecified atom stereocenters. The number of carbonyl (C=O) groups excluding carboxylic acids is 2. The van der Waals surface area contributed by atoms with Gasteiger partial charge in [-0.15, -0.1) is 0 Å². The minimum Gasteiger partial charge on any atom is -0.345 e. The molecule has 2 rings (SSSR count). The van der Waals surface area contributed by atoms with E-state index in [1.807, 2.05) is 13.8 Å². The molecule has 1 aliphatic heterocycles. The number of nitrogens with zero attached hydrogens (tertiary/aromatic N) is 1. The van der Waals surface area contributed by atoms with Crippen LogP contribution in [0.1, 0.15) is 25.8 Å². The minimum atomic E-state index is -0.457. The molecule has 1 aromatic rings. The fourth-order valence-corrected chi connectivity index (χ4v) is 2.80. The zero-order valence-electron chi connectivity index (χ0n) is 12.0. The lowest BCUT2D eigenvalue weighted by molar-refractivity contribution is -0.146. The van der Waals surface area contributed by atoms with E-state index in [2.05, 4.69) is 5.32 Å². The average molecular weight is 329 g/mol. The summed E-state index contributed by atoms with van der Waals surface area (Å²) in [5.74, 6) is 0.0988. The number of rotatable bonds is 4. The molecule has 0 saturated carbocycles. The number of amides is 2. The summed E-state index contributed by atoms with van der Waals surface area (Å²) in [6.07, 6.45) is 0.621. The van der Waals surface area contributed by atoms with Gasteiger partial charge >= 0.3 is 0 Å². The Balaban J connectivity index is 2.26. The number of carbonyl (C=O) groups is 2. The predicted octanol–water partition coefficient (Wildman–Crippen LogP) is 2.87. The lowest BCUT2D eigenvalue weighted by Crippen LogP contribution is -2.58. The Labute approximate surface area is 134 Å². The van der Waals surface area contributed by atoms with Crippen molar-refractivity contribution in [3.63, 3.8) is 0 Å². The average Bonchev–Trinajstić information content (AvgIpc) is 2.41. The number of benzene rings is 1. The molecule has 4 nitrogen and oxygen atoms in total. The third-order valence-electron chi connectivity index (χ3n) is 3.46. The van der Waals surface area contributed by atoms with Gasteiger partial charge in [0.05, 0.1) is 6.54 Å². The van der Waals surface area contributed by atoms with Crippen LogP contribution in [0.3, 0.4) is 0 Å². The second-order valence-corrected chi connectivity index (χ2v) is 6.46. The molecule has 0 aliphatic carbocycles. The second kappa shape index (κ2) is 6.67. The highest BCUT2D eigenvalue weighted by Crippen LogP contribution is 2.25. The van der Waals surface area contributed by atoms with Crippen molar-refractivity contribution in [1.82, 2.24) is 10.2 Å². The molecule has 1 atom stereocenters.